The predicted molar refractivity (Wildman–Crippen MR) is 303 cm³/mol. The van der Waals surface area contributed by atoms with Gasteiger partial charge in [-0.2, -0.15) is 0 Å². The number of anilines is 3. The van der Waals surface area contributed by atoms with Crippen molar-refractivity contribution in [3.8, 4) is 55.6 Å². The topological polar surface area (TPSA) is 16.4 Å². The van der Waals surface area contributed by atoms with Crippen molar-refractivity contribution in [3.63, 3.8) is 0 Å². The molecule has 332 valence electrons. The molecular weight excluding hydrogens is 879 g/mol. The van der Waals surface area contributed by atoms with Gasteiger partial charge in [-0.1, -0.05) is 200 Å². The maximum absolute atomic E-state index is 6.35. The van der Waals surface area contributed by atoms with Gasteiger partial charge in [-0.05, 0) is 132 Å². The quantitative estimate of drug-likeness (QED) is 0.151. The Labute approximate surface area is 415 Å². The monoisotopic (exact) mass is 921 g/mol. The molecule has 0 unspecified atom stereocenters. The molecule has 0 saturated heterocycles. The number of benzene rings is 12. The first-order valence-corrected chi connectivity index (χ1v) is 25.0. The zero-order chi connectivity index (χ0) is 46.8. The van der Waals surface area contributed by atoms with Crippen LogP contribution in [0.25, 0.3) is 119 Å². The van der Waals surface area contributed by atoms with Crippen molar-refractivity contribution >= 4 is 92.1 Å². The largest absolute Gasteiger partial charge is 0.456 e. The van der Waals surface area contributed by atoms with E-state index in [2.05, 4.69) is 260 Å². The molecule has 0 fully saturated rings. The number of para-hydroxylation sites is 1. The van der Waals surface area contributed by atoms with E-state index in [1.165, 1.54) is 86.2 Å². The lowest BCUT2D eigenvalue weighted by molar-refractivity contribution is 0.669. The average molecular weight is 922 g/mol. The number of nitrogens with zero attached hydrogens (tertiary/aromatic N) is 1. The molecule has 0 aliphatic carbocycles. The van der Waals surface area contributed by atoms with Crippen LogP contribution >= 0.6 is 11.3 Å². The van der Waals surface area contributed by atoms with Gasteiger partial charge in [0.2, 0.25) is 0 Å². The highest BCUT2D eigenvalue weighted by atomic mass is 32.1. The average Bonchev–Trinajstić information content (AvgIpc) is 4.03. The molecule has 0 atom stereocenters. The van der Waals surface area contributed by atoms with E-state index in [4.69, 9.17) is 4.42 Å². The molecule has 2 heterocycles. The van der Waals surface area contributed by atoms with Crippen molar-refractivity contribution in [2.24, 2.45) is 0 Å². The van der Waals surface area contributed by atoms with Crippen LogP contribution in [0.2, 0.25) is 0 Å². The summed E-state index contributed by atoms with van der Waals surface area (Å²) in [5.74, 6) is 0. The lowest BCUT2D eigenvalue weighted by atomic mass is 9.92. The molecule has 2 nitrogen and oxygen atoms in total. The second kappa shape index (κ2) is 16.9. The summed E-state index contributed by atoms with van der Waals surface area (Å²) in [6.45, 7) is 0. The SMILES string of the molecule is c1cc(-c2ccc(N(c3ccc(-c4ccccc4-c4cccc5oc6ccccc6c45)cc3)c3ccc(-c4cccc5ccccc45)c4sc5ccccc5c34)cc2)cc(-c2ccc3ccccc3c2)c1. The van der Waals surface area contributed by atoms with Gasteiger partial charge in [-0.15, -0.1) is 11.3 Å². The molecule has 0 spiro atoms. The first-order chi connectivity index (χ1) is 35.2. The number of fused-ring (bicyclic) bond motifs is 8. The third kappa shape index (κ3) is 7.01. The Bertz CT molecular complexity index is 4340. The van der Waals surface area contributed by atoms with Gasteiger partial charge >= 0.3 is 0 Å². The Morgan fingerprint density at radius 1 is 0.296 bits per heavy atom. The van der Waals surface area contributed by atoms with Crippen molar-refractivity contribution < 1.29 is 4.42 Å². The smallest absolute Gasteiger partial charge is 0.136 e. The minimum absolute atomic E-state index is 0.895. The van der Waals surface area contributed by atoms with E-state index in [1.807, 2.05) is 17.4 Å². The summed E-state index contributed by atoms with van der Waals surface area (Å²) in [6.07, 6.45) is 0. The van der Waals surface area contributed by atoms with Crippen molar-refractivity contribution in [2.75, 3.05) is 4.90 Å². The molecule has 0 aliphatic rings. The van der Waals surface area contributed by atoms with Crippen LogP contribution in [0.5, 0.6) is 0 Å². The second-order valence-electron chi connectivity index (χ2n) is 18.4. The van der Waals surface area contributed by atoms with Gasteiger partial charge in [0.1, 0.15) is 11.2 Å². The zero-order valence-corrected chi connectivity index (χ0v) is 39.4. The summed E-state index contributed by atoms with van der Waals surface area (Å²) in [5.41, 5.74) is 17.0. The molecule has 0 aliphatic heterocycles. The van der Waals surface area contributed by atoms with Crippen LogP contribution in [0, 0.1) is 0 Å². The highest BCUT2D eigenvalue weighted by Crippen LogP contribution is 2.50. The zero-order valence-electron chi connectivity index (χ0n) is 38.6. The Hall–Kier alpha value is -9.02. The highest BCUT2D eigenvalue weighted by Gasteiger charge is 2.23. The predicted octanol–water partition coefficient (Wildman–Crippen LogP) is 20.1. The molecule has 0 saturated carbocycles. The van der Waals surface area contributed by atoms with E-state index in [0.29, 0.717) is 0 Å². The summed E-state index contributed by atoms with van der Waals surface area (Å²) >= 11 is 1.88. The third-order valence-corrected chi connectivity index (χ3v) is 15.5. The number of hydrogen-bond donors (Lipinski definition) is 0. The fourth-order valence-corrected chi connectivity index (χ4v) is 12.2. The molecule has 14 aromatic rings. The lowest BCUT2D eigenvalue weighted by Gasteiger charge is -2.27. The minimum Gasteiger partial charge on any atom is -0.456 e. The maximum atomic E-state index is 6.35. The van der Waals surface area contributed by atoms with E-state index < -0.39 is 0 Å². The molecule has 3 heteroatoms. The maximum Gasteiger partial charge on any atom is 0.136 e. The van der Waals surface area contributed by atoms with Crippen molar-refractivity contribution in [3.05, 3.63) is 261 Å². The summed E-state index contributed by atoms with van der Waals surface area (Å²) in [5, 5.41) is 9.76. The number of furan rings is 1. The van der Waals surface area contributed by atoms with Crippen LogP contribution in [-0.2, 0) is 0 Å². The molecule has 0 bridgehead atoms. The van der Waals surface area contributed by atoms with Gasteiger partial charge in [0.25, 0.3) is 0 Å². The number of hydrogen-bond acceptors (Lipinski definition) is 3. The van der Waals surface area contributed by atoms with Crippen LogP contribution in [0.4, 0.5) is 17.1 Å². The fourth-order valence-electron chi connectivity index (χ4n) is 10.9. The summed E-state index contributed by atoms with van der Waals surface area (Å²) in [4.78, 5) is 2.46. The number of thiophene rings is 1. The number of rotatable bonds is 8. The molecule has 14 rings (SSSR count). The van der Waals surface area contributed by atoms with E-state index in [0.717, 1.165) is 50.1 Å². The van der Waals surface area contributed by atoms with Crippen molar-refractivity contribution in [1.82, 2.24) is 0 Å². The summed E-state index contributed by atoms with van der Waals surface area (Å²) in [6, 6.07) is 95.0. The third-order valence-electron chi connectivity index (χ3n) is 14.3. The normalized spacial score (nSPS) is 11.7. The first-order valence-electron chi connectivity index (χ1n) is 24.2. The molecule has 12 aromatic carbocycles. The fraction of sp³-hybridized carbons (Fsp3) is 0. The van der Waals surface area contributed by atoms with E-state index >= 15 is 0 Å². The van der Waals surface area contributed by atoms with Crippen LogP contribution in [0.3, 0.4) is 0 Å². The molecule has 0 N–H and O–H groups in total. The van der Waals surface area contributed by atoms with Crippen LogP contribution in [0.15, 0.2) is 265 Å². The van der Waals surface area contributed by atoms with Crippen LogP contribution in [-0.4, -0.2) is 0 Å². The van der Waals surface area contributed by atoms with Crippen LogP contribution in [0.1, 0.15) is 0 Å². The summed E-state index contributed by atoms with van der Waals surface area (Å²) < 4.78 is 8.90. The Kier molecular flexibility index (Phi) is 9.75. The Morgan fingerprint density at radius 2 is 0.859 bits per heavy atom. The van der Waals surface area contributed by atoms with Gasteiger partial charge < -0.3 is 9.32 Å². The Balaban J connectivity index is 0.921. The second-order valence-corrected chi connectivity index (χ2v) is 19.4. The summed E-state index contributed by atoms with van der Waals surface area (Å²) in [7, 11) is 0. The molecule has 2 aromatic heterocycles. The van der Waals surface area contributed by atoms with E-state index in [-0.39, 0.29) is 0 Å². The minimum atomic E-state index is 0.895. The lowest BCUT2D eigenvalue weighted by Crippen LogP contribution is -2.10. The first kappa shape index (κ1) is 41.0. The standard InChI is InChI=1S/C68H43NOS/c1-2-16-48-43-51(31-30-44(48)14-1)50-19-11-18-49(42-50)45-32-36-52(37-33-45)69(62-41-40-59(57-25-12-17-46-15-3-4-20-54(46)57)68-67(62)61-24-8-10-29-65(61)71-68)53-38-34-47(35-39-53)55-21-5-6-22-56(55)58-26-13-28-64-66(58)60-23-7-9-27-63(60)70-64/h1-43H. The van der Waals surface area contributed by atoms with Crippen molar-refractivity contribution in [2.45, 2.75) is 0 Å². The molecule has 0 amide bonds. The molecule has 71 heavy (non-hydrogen) atoms. The van der Waals surface area contributed by atoms with Gasteiger partial charge in [-0.3, -0.25) is 0 Å². The van der Waals surface area contributed by atoms with Crippen molar-refractivity contribution in [1.29, 1.82) is 0 Å². The van der Waals surface area contributed by atoms with Gasteiger partial charge in [0, 0.05) is 47.9 Å². The van der Waals surface area contributed by atoms with E-state index in [9.17, 15) is 0 Å². The van der Waals surface area contributed by atoms with Gasteiger partial charge in [0.05, 0.1) is 5.69 Å². The molecule has 0 radical (unpaired) electrons. The highest BCUT2D eigenvalue weighted by molar-refractivity contribution is 7.26. The molecular formula is C68H43NOS. The van der Waals surface area contributed by atoms with Crippen LogP contribution < -0.4 is 4.90 Å². The van der Waals surface area contributed by atoms with Gasteiger partial charge in [0.15, 0.2) is 0 Å². The Morgan fingerprint density at radius 3 is 1.69 bits per heavy atom. The van der Waals surface area contributed by atoms with Gasteiger partial charge in [-0.25, -0.2) is 0 Å². The van der Waals surface area contributed by atoms with E-state index in [1.54, 1.807) is 0 Å².